The lowest BCUT2D eigenvalue weighted by Crippen LogP contribution is -2.35. The zero-order valence-corrected chi connectivity index (χ0v) is 16.7. The van der Waals surface area contributed by atoms with Gasteiger partial charge in [0, 0.05) is 27.2 Å². The van der Waals surface area contributed by atoms with Crippen LogP contribution in [0.15, 0.2) is 38.8 Å². The molecule has 0 N–H and O–H groups in total. The lowest BCUT2D eigenvalue weighted by atomic mass is 10.1. The minimum atomic E-state index is -4.06. The first-order chi connectivity index (χ1) is 11.6. The fourth-order valence-corrected chi connectivity index (χ4v) is 7.61. The van der Waals surface area contributed by atoms with E-state index < -0.39 is 20.0 Å². The summed E-state index contributed by atoms with van der Waals surface area (Å²) in [7, 11) is -8.12. The third-order valence-electron chi connectivity index (χ3n) is 3.63. The predicted octanol–water partition coefficient (Wildman–Crippen LogP) is 2.75. The molecular formula is C15H15NO5S4. The number of thiophene rings is 1. The number of sulfonamides is 2. The molecule has 1 aliphatic carbocycles. The zero-order valence-electron chi connectivity index (χ0n) is 13.4. The van der Waals surface area contributed by atoms with Gasteiger partial charge in [0.05, 0.1) is 18.2 Å². The number of ketones is 1. The van der Waals surface area contributed by atoms with Crippen LogP contribution in [0.3, 0.4) is 0 Å². The first kappa shape index (κ1) is 18.4. The molecule has 0 saturated heterocycles. The van der Waals surface area contributed by atoms with Crippen LogP contribution in [0.2, 0.25) is 0 Å². The highest BCUT2D eigenvalue weighted by molar-refractivity contribution is 8.09. The second-order valence-corrected chi connectivity index (χ2v) is 11.5. The van der Waals surface area contributed by atoms with E-state index in [9.17, 15) is 21.6 Å². The number of rotatable bonds is 5. The molecule has 6 nitrogen and oxygen atoms in total. The second-order valence-electron chi connectivity index (χ2n) is 5.68. The van der Waals surface area contributed by atoms with E-state index in [0.717, 1.165) is 17.4 Å². The van der Waals surface area contributed by atoms with Crippen molar-refractivity contribution in [2.24, 2.45) is 0 Å². The molecule has 1 aromatic heterocycles. The number of Topliss-reactive ketones (excluding diaryl/α,β-unsaturated/α-hetero) is 1. The Morgan fingerprint density at radius 2 is 1.76 bits per heavy atom. The van der Waals surface area contributed by atoms with E-state index in [1.807, 2.05) is 16.8 Å². The number of nitrogens with zero attached hydrogens (tertiary/aromatic N) is 1. The molecule has 0 unspecified atom stereocenters. The molecule has 1 aliphatic rings. The van der Waals surface area contributed by atoms with Crippen molar-refractivity contribution >= 4 is 54.6 Å². The van der Waals surface area contributed by atoms with Gasteiger partial charge in [-0.05, 0) is 35.6 Å². The summed E-state index contributed by atoms with van der Waals surface area (Å²) in [6.07, 6.45) is 2.53. The Labute approximate surface area is 155 Å². The fraction of sp³-hybridized carbons (Fsp3) is 0.267. The van der Waals surface area contributed by atoms with Gasteiger partial charge in [-0.25, -0.2) is 16.8 Å². The number of benzene rings is 1. The number of carbonyl (C=O) groups is 1. The number of aryl methyl sites for hydroxylation is 1. The van der Waals surface area contributed by atoms with Gasteiger partial charge in [-0.3, -0.25) is 4.79 Å². The highest BCUT2D eigenvalue weighted by atomic mass is 32.3. The lowest BCUT2D eigenvalue weighted by Gasteiger charge is -2.23. The minimum absolute atomic E-state index is 0.0148. The van der Waals surface area contributed by atoms with Crippen LogP contribution in [0.5, 0.6) is 0 Å². The molecule has 0 atom stereocenters. The molecule has 2 aromatic rings. The molecule has 3 rings (SSSR count). The Morgan fingerprint density at radius 1 is 1.08 bits per heavy atom. The summed E-state index contributed by atoms with van der Waals surface area (Å²) in [5.41, 5.74) is 1.27. The van der Waals surface area contributed by atoms with Crippen LogP contribution in [-0.4, -0.2) is 35.1 Å². The molecule has 0 spiro atoms. The number of carbonyl (C=O) groups excluding carboxylic acids is 1. The van der Waals surface area contributed by atoms with Gasteiger partial charge in [-0.15, -0.1) is 0 Å². The van der Waals surface area contributed by atoms with Crippen molar-refractivity contribution in [1.82, 2.24) is 0 Å². The molecule has 0 radical (unpaired) electrons. The zero-order chi connectivity index (χ0) is 18.4. The van der Waals surface area contributed by atoms with E-state index in [4.69, 9.17) is 0 Å². The van der Waals surface area contributed by atoms with Gasteiger partial charge in [0.2, 0.25) is 20.0 Å². The van der Waals surface area contributed by atoms with Crippen molar-refractivity contribution in [3.8, 4) is 0 Å². The largest absolute Gasteiger partial charge is 0.294 e. The van der Waals surface area contributed by atoms with E-state index in [2.05, 4.69) is 0 Å². The summed E-state index contributed by atoms with van der Waals surface area (Å²) < 4.78 is 49.1. The third kappa shape index (κ3) is 3.76. The SMILES string of the molecule is CS(=O)(=O)N(c1cc2c(cc1Sc1ccsc1)C(=O)CC2)S(C)(=O)=O. The Morgan fingerprint density at radius 3 is 2.32 bits per heavy atom. The molecular weight excluding hydrogens is 402 g/mol. The van der Waals surface area contributed by atoms with Crippen molar-refractivity contribution in [1.29, 1.82) is 0 Å². The molecule has 1 aromatic carbocycles. The number of fused-ring (bicyclic) bond motifs is 1. The second kappa shape index (κ2) is 6.42. The Balaban J connectivity index is 2.25. The summed E-state index contributed by atoms with van der Waals surface area (Å²) in [5, 5.41) is 3.74. The Kier molecular flexibility index (Phi) is 4.73. The normalized spacial score (nSPS) is 14.6. The van der Waals surface area contributed by atoms with Gasteiger partial charge in [-0.1, -0.05) is 11.8 Å². The molecule has 0 aliphatic heterocycles. The molecule has 0 amide bonds. The quantitative estimate of drug-likeness (QED) is 0.743. The molecule has 1 heterocycles. The smallest absolute Gasteiger partial charge is 0.245 e. The van der Waals surface area contributed by atoms with Gasteiger partial charge >= 0.3 is 0 Å². The van der Waals surface area contributed by atoms with Crippen molar-refractivity contribution in [2.45, 2.75) is 22.6 Å². The van der Waals surface area contributed by atoms with E-state index in [1.54, 1.807) is 6.07 Å². The van der Waals surface area contributed by atoms with E-state index >= 15 is 0 Å². The number of hydrogen-bond donors (Lipinski definition) is 0. The van der Waals surface area contributed by atoms with Crippen LogP contribution in [0.25, 0.3) is 0 Å². The maximum absolute atomic E-state index is 12.2. The van der Waals surface area contributed by atoms with Crippen molar-refractivity contribution in [3.63, 3.8) is 0 Å². The molecule has 0 bridgehead atoms. The van der Waals surface area contributed by atoms with Gasteiger partial charge < -0.3 is 0 Å². The summed E-state index contributed by atoms with van der Waals surface area (Å²) in [6, 6.07) is 4.96. The predicted molar refractivity (Wildman–Crippen MR) is 99.7 cm³/mol. The van der Waals surface area contributed by atoms with Crippen LogP contribution in [0.4, 0.5) is 5.69 Å². The average Bonchev–Trinajstić information content (AvgIpc) is 3.07. The topological polar surface area (TPSA) is 88.6 Å². The average molecular weight is 418 g/mol. The van der Waals surface area contributed by atoms with E-state index in [0.29, 0.717) is 32.6 Å². The lowest BCUT2D eigenvalue weighted by molar-refractivity contribution is 0.0994. The van der Waals surface area contributed by atoms with Crippen LogP contribution in [-0.2, 0) is 26.5 Å². The summed E-state index contributed by atoms with van der Waals surface area (Å²) in [4.78, 5) is 13.3. The van der Waals surface area contributed by atoms with Crippen molar-refractivity contribution in [3.05, 3.63) is 40.1 Å². The van der Waals surface area contributed by atoms with Gasteiger partial charge in [0.1, 0.15) is 0 Å². The number of hydrogen-bond acceptors (Lipinski definition) is 7. The highest BCUT2D eigenvalue weighted by Gasteiger charge is 2.32. The van der Waals surface area contributed by atoms with Crippen LogP contribution < -0.4 is 3.71 Å². The van der Waals surface area contributed by atoms with E-state index in [-0.39, 0.29) is 11.5 Å². The van der Waals surface area contributed by atoms with Gasteiger partial charge in [0.25, 0.3) is 0 Å². The summed E-state index contributed by atoms with van der Waals surface area (Å²) in [5.74, 6) is -0.0148. The first-order valence-electron chi connectivity index (χ1n) is 7.18. The van der Waals surface area contributed by atoms with E-state index in [1.165, 1.54) is 29.2 Å². The molecule has 134 valence electrons. The molecule has 0 saturated carbocycles. The van der Waals surface area contributed by atoms with Crippen LogP contribution in [0.1, 0.15) is 22.3 Å². The first-order valence-corrected chi connectivity index (χ1v) is 12.6. The standard InChI is InChI=1S/C15H15NO5S4/c1-24(18,19)16(25(2,20)21)13-7-10-3-4-14(17)12(10)8-15(13)23-11-5-6-22-9-11/h5-9H,3-4H2,1-2H3. The maximum atomic E-state index is 12.2. The molecule has 25 heavy (non-hydrogen) atoms. The monoisotopic (exact) mass is 417 g/mol. The Hall–Kier alpha value is -1.36. The van der Waals surface area contributed by atoms with Crippen molar-refractivity contribution < 1.29 is 21.6 Å². The minimum Gasteiger partial charge on any atom is -0.294 e. The molecule has 0 fully saturated rings. The summed E-state index contributed by atoms with van der Waals surface area (Å²) in [6.45, 7) is 0. The number of anilines is 1. The summed E-state index contributed by atoms with van der Waals surface area (Å²) >= 11 is 2.71. The van der Waals surface area contributed by atoms with Crippen LogP contribution in [0, 0.1) is 0 Å². The van der Waals surface area contributed by atoms with Gasteiger partial charge in [0.15, 0.2) is 5.78 Å². The highest BCUT2D eigenvalue weighted by Crippen LogP contribution is 2.41. The maximum Gasteiger partial charge on any atom is 0.245 e. The van der Waals surface area contributed by atoms with Crippen molar-refractivity contribution in [2.75, 3.05) is 16.2 Å². The Bertz CT molecular complexity index is 1010. The van der Waals surface area contributed by atoms with Crippen LogP contribution >= 0.6 is 23.1 Å². The van der Waals surface area contributed by atoms with Gasteiger partial charge in [-0.2, -0.15) is 15.0 Å². The molecule has 10 heteroatoms. The fourth-order valence-electron chi connectivity index (χ4n) is 2.73. The third-order valence-corrected chi connectivity index (χ3v) is 8.72.